The second-order valence-electron chi connectivity index (χ2n) is 30.2. The van der Waals surface area contributed by atoms with Crippen molar-refractivity contribution >= 4 is 58.9 Å². The van der Waals surface area contributed by atoms with Crippen LogP contribution in [0.5, 0.6) is 0 Å². The Morgan fingerprint density at radius 1 is 0.782 bits per heavy atom. The van der Waals surface area contributed by atoms with Crippen LogP contribution in [0.4, 0.5) is 0 Å². The highest BCUT2D eigenvalue weighted by molar-refractivity contribution is 6.39. The van der Waals surface area contributed by atoms with Gasteiger partial charge >= 0.3 is 29.8 Å². The van der Waals surface area contributed by atoms with Crippen LogP contribution < -0.4 is 0 Å². The molecule has 1 aromatic rings. The highest BCUT2D eigenvalue weighted by Gasteiger charge is 2.65. The van der Waals surface area contributed by atoms with Gasteiger partial charge in [-0.2, -0.15) is 0 Å². The topological polar surface area (TPSA) is 320 Å². The number of carbonyl (C=O) groups is 10. The summed E-state index contributed by atoms with van der Waals surface area (Å²) in [6.45, 7) is 17.3. The van der Waals surface area contributed by atoms with Gasteiger partial charge in [-0.3, -0.25) is 38.4 Å². The molecule has 2 saturated carbocycles. The van der Waals surface area contributed by atoms with Crippen LogP contribution in [-0.4, -0.2) is 188 Å². The fraction of sp³-hybridized carbons (Fsp3) is 0.688. The van der Waals surface area contributed by atoms with Crippen LogP contribution in [0.1, 0.15) is 198 Å². The third-order valence-corrected chi connectivity index (χ3v) is 23.2. The van der Waals surface area contributed by atoms with Gasteiger partial charge in [-0.25, -0.2) is 9.59 Å². The van der Waals surface area contributed by atoms with E-state index in [1.165, 1.54) is 34.5 Å². The first-order chi connectivity index (χ1) is 47.8. The average Bonchev–Trinajstić information content (AvgIpc) is 1.63. The van der Waals surface area contributed by atoms with Crippen LogP contribution in [0.25, 0.3) is 0 Å². The number of allylic oxidation sites excluding steroid dienone is 7. The number of amides is 1. The number of aliphatic hydroxyl groups is 2. The van der Waals surface area contributed by atoms with E-state index in [0.717, 1.165) is 10.5 Å². The smallest absolute Gasteiger partial charge is 0.342 e. The molecule has 2 saturated heterocycles. The van der Waals surface area contributed by atoms with Crippen LogP contribution in [0.15, 0.2) is 69.4 Å². The number of esters is 5. The first-order valence-corrected chi connectivity index (χ1v) is 36.0. The van der Waals surface area contributed by atoms with Crippen LogP contribution in [-0.2, 0) is 91.1 Å². The first-order valence-electron chi connectivity index (χ1n) is 36.0. The van der Waals surface area contributed by atoms with Gasteiger partial charge < -0.3 is 66.9 Å². The van der Waals surface area contributed by atoms with Gasteiger partial charge in [-0.1, -0.05) is 78.0 Å². The summed E-state index contributed by atoms with van der Waals surface area (Å²) in [7, 11) is 5.85. The monoisotopic (exact) mass is 1410 g/mol. The van der Waals surface area contributed by atoms with Crippen LogP contribution in [0, 0.1) is 46.8 Å². The zero-order valence-corrected chi connectivity index (χ0v) is 61.1. The van der Waals surface area contributed by atoms with Crippen molar-refractivity contribution in [1.29, 1.82) is 0 Å². The lowest BCUT2D eigenvalue weighted by atomic mass is 9.54. The summed E-state index contributed by atoms with van der Waals surface area (Å²) in [5.41, 5.74) is 0.256. The first kappa shape index (κ1) is 78.3. The number of fused-ring (bicyclic) bond motifs is 6. The molecule has 0 radical (unpaired) electrons. The van der Waals surface area contributed by atoms with Crippen molar-refractivity contribution in [3.05, 3.63) is 81.9 Å². The summed E-state index contributed by atoms with van der Waals surface area (Å²) in [5, 5.41) is 23.8. The zero-order valence-electron chi connectivity index (χ0n) is 61.1. The zero-order chi connectivity index (χ0) is 73.7. The molecule has 0 spiro atoms. The van der Waals surface area contributed by atoms with E-state index in [9.17, 15) is 58.2 Å². The minimum atomic E-state index is -2.51. The molecule has 24 heteroatoms. The number of nitrogens with zero attached hydrogens (tertiary/aromatic N) is 1. The standard InChI is InChI=1S/C77H105NO23/c1-40-20-16-15-17-21-41(2)55(92-12)34-49-25-23-46(7)77(90,101-49)71(86)72(87)78-29-19-18-22-52(78)74(89)98-56(35-53(80)42(3)31-45(6)67(84)70(94-14)66(83)44(5)30-40)43(4)32-48-24-27-54(57(33-48)93-13)97-61(81)36-62(82)99-59-28-26-51-63-65(58(96-47(8)79)37-75(51,59)9)76(10)60(39-91-11)100-73(88)50-38-95-69(64(50)76)68(63)85/h15-17,20-21,31,38,40,42-44,46,48-49,51-52,54-60,67,70,84,90H,18-19,22-30,32-37,39H2,1-14H3/b17-15+,20-16+,41-21+,45-31+/t40-,42-,43-,44-,46-,48+,49+,51?,52+,54-,55+,56+,57-,58-,59+,60-,67-,70+,75+,76+,77-/m1/s1. The fourth-order valence-corrected chi connectivity index (χ4v) is 17.4. The molecule has 21 atom stereocenters. The van der Waals surface area contributed by atoms with E-state index in [0.29, 0.717) is 92.9 Å². The second kappa shape index (κ2) is 32.9. The molecule has 1 amide bonds. The van der Waals surface area contributed by atoms with Crippen molar-refractivity contribution in [2.75, 3.05) is 41.6 Å². The predicted molar refractivity (Wildman–Crippen MR) is 363 cm³/mol. The van der Waals surface area contributed by atoms with Gasteiger partial charge in [0.2, 0.25) is 11.6 Å². The van der Waals surface area contributed by atoms with E-state index in [-0.39, 0.29) is 73.6 Å². The van der Waals surface area contributed by atoms with Gasteiger partial charge in [0.1, 0.15) is 72.8 Å². The second-order valence-corrected chi connectivity index (χ2v) is 30.2. The number of ether oxygens (including phenoxy) is 10. The van der Waals surface area contributed by atoms with Crippen LogP contribution >= 0.6 is 0 Å². The minimum Gasteiger partial charge on any atom is -0.461 e. The van der Waals surface area contributed by atoms with E-state index in [1.807, 2.05) is 65.0 Å². The molecule has 101 heavy (non-hydrogen) atoms. The Balaban J connectivity index is 0.895. The lowest BCUT2D eigenvalue weighted by Gasteiger charge is -2.52. The Labute approximate surface area is 591 Å². The quantitative estimate of drug-likeness (QED) is 0.0611. The Hall–Kier alpha value is -6.80. The average molecular weight is 1410 g/mol. The molecular formula is C77H105NO23. The number of hydrogen-bond donors (Lipinski definition) is 2. The van der Waals surface area contributed by atoms with Crippen LogP contribution in [0.3, 0.4) is 0 Å². The number of carbonyl (C=O) groups excluding carboxylic acids is 10. The molecule has 8 aliphatic rings. The molecule has 24 nitrogen and oxygen atoms in total. The molecule has 5 heterocycles. The maximum atomic E-state index is 14.8. The van der Waals surface area contributed by atoms with Gasteiger partial charge in [0.05, 0.1) is 30.3 Å². The summed E-state index contributed by atoms with van der Waals surface area (Å²) in [6, 6.07) is -1.26. The van der Waals surface area contributed by atoms with Gasteiger partial charge in [-0.15, -0.1) is 0 Å². The molecule has 0 aromatic carbocycles. The minimum absolute atomic E-state index is 0.00546. The number of furan rings is 1. The maximum absolute atomic E-state index is 14.8. The number of rotatable bonds is 13. The number of methoxy groups -OCH3 is 4. The number of aliphatic hydroxyl groups excluding tert-OH is 1. The van der Waals surface area contributed by atoms with E-state index < -0.39 is 167 Å². The van der Waals surface area contributed by atoms with Crippen molar-refractivity contribution in [3.63, 3.8) is 0 Å². The molecule has 1 unspecified atom stereocenters. The molecule has 2 bridgehead atoms. The lowest BCUT2D eigenvalue weighted by Crippen LogP contribution is -2.61. The largest absolute Gasteiger partial charge is 0.461 e. The van der Waals surface area contributed by atoms with Gasteiger partial charge in [0.15, 0.2) is 11.5 Å². The van der Waals surface area contributed by atoms with Crippen LogP contribution in [0.2, 0.25) is 0 Å². The van der Waals surface area contributed by atoms with E-state index in [4.69, 9.17) is 51.8 Å². The SMILES string of the molecule is COC[C@H]1OC(=O)c2coc3c2[C@@]1(C)C1=C(C3=O)C2CC[C@H](OC(=O)CC(=O)O[C@@H]3CC[C@@H](C[C@@H](C)[C@@H]4CC(=O)[C@H](C)/C=C(\C)[C@@H](O)[C@@H](OC)C(=O)[C@H](C)C[C@H](C)/C=C/C=C/C=C(\C)[C@@H](OC)C[C@@H]5CC[C@@H](C)[C@@](O)(O5)C(=O)C(=O)N5CCCC[C@H]5C(=O)O4)C[C@H]3OC)[C@@]2(C)C[C@H]1OC(C)=O. The number of Topliss-reactive ketones (excluding diaryl/α,β-unsaturated/α-hetero) is 4. The molecule has 4 fully saturated rings. The highest BCUT2D eigenvalue weighted by Crippen LogP contribution is 2.63. The molecule has 1 aromatic heterocycles. The summed E-state index contributed by atoms with van der Waals surface area (Å²) in [5.74, 6) is -13.2. The van der Waals surface area contributed by atoms with Gasteiger partial charge in [0.25, 0.3) is 11.7 Å². The lowest BCUT2D eigenvalue weighted by molar-refractivity contribution is -0.265. The Morgan fingerprint density at radius 2 is 1.51 bits per heavy atom. The third kappa shape index (κ3) is 16.4. The van der Waals surface area contributed by atoms with Crippen molar-refractivity contribution in [2.45, 2.75) is 250 Å². The number of ketones is 4. The molecule has 2 N–H and O–H groups in total. The summed E-state index contributed by atoms with van der Waals surface area (Å²) in [4.78, 5) is 142. The summed E-state index contributed by atoms with van der Waals surface area (Å²) < 4.78 is 65.5. The molecule has 4 aliphatic carbocycles. The normalized spacial score (nSPS) is 38.4. The number of cyclic esters (lactones) is 2. The fourth-order valence-electron chi connectivity index (χ4n) is 17.4. The number of hydrogen-bond acceptors (Lipinski definition) is 23. The van der Waals surface area contributed by atoms with Crippen molar-refractivity contribution in [1.82, 2.24) is 4.90 Å². The molecule has 4 aliphatic heterocycles. The third-order valence-electron chi connectivity index (χ3n) is 23.2. The van der Waals surface area contributed by atoms with Crippen molar-refractivity contribution in [2.24, 2.45) is 46.8 Å². The summed E-state index contributed by atoms with van der Waals surface area (Å²) in [6.07, 6.45) is 7.08. The highest BCUT2D eigenvalue weighted by atomic mass is 16.6. The Bertz CT molecular complexity index is 3470. The molecule has 9 rings (SSSR count). The predicted octanol–water partition coefficient (Wildman–Crippen LogP) is 9.01. The van der Waals surface area contributed by atoms with Gasteiger partial charge in [-0.05, 0) is 145 Å². The van der Waals surface area contributed by atoms with E-state index in [1.54, 1.807) is 40.9 Å². The molecule has 556 valence electrons. The number of piperidine rings is 1. The molecular weight excluding hydrogens is 1310 g/mol. The van der Waals surface area contributed by atoms with Crippen molar-refractivity contribution in [3.8, 4) is 0 Å². The van der Waals surface area contributed by atoms with E-state index >= 15 is 0 Å². The van der Waals surface area contributed by atoms with Gasteiger partial charge in [0, 0.05) is 89.1 Å². The maximum Gasteiger partial charge on any atom is 0.342 e. The van der Waals surface area contributed by atoms with E-state index in [2.05, 4.69) is 0 Å². The van der Waals surface area contributed by atoms with Crippen molar-refractivity contribution < 1.29 is 110 Å². The Kier molecular flexibility index (Phi) is 25.5. The Morgan fingerprint density at radius 3 is 2.21 bits per heavy atom. The summed E-state index contributed by atoms with van der Waals surface area (Å²) >= 11 is 0.